The summed E-state index contributed by atoms with van der Waals surface area (Å²) in [6.07, 6.45) is 1.69. The van der Waals surface area contributed by atoms with Crippen molar-refractivity contribution in [1.29, 1.82) is 0 Å². The number of nitrogens with zero attached hydrogens (tertiary/aromatic N) is 1. The van der Waals surface area contributed by atoms with E-state index in [1.54, 1.807) is 18.2 Å². The summed E-state index contributed by atoms with van der Waals surface area (Å²) in [7, 11) is -6.87. The highest BCUT2D eigenvalue weighted by Gasteiger charge is 2.41. The normalized spacial score (nSPS) is 24.8. The Bertz CT molecular complexity index is 771. The van der Waals surface area contributed by atoms with Gasteiger partial charge in [0, 0.05) is 12.2 Å². The number of nitrogens with two attached hydrogens (primary N) is 1. The van der Waals surface area contributed by atoms with Crippen LogP contribution < -0.4 is 10.0 Å². The fraction of sp³-hybridized carbons (Fsp3) is 0.538. The summed E-state index contributed by atoms with van der Waals surface area (Å²) in [6.45, 7) is 0.399. The van der Waals surface area contributed by atoms with Crippen molar-refractivity contribution in [3.05, 3.63) is 23.8 Å². The molecule has 2 aliphatic rings. The summed E-state index contributed by atoms with van der Waals surface area (Å²) >= 11 is 0. The Labute approximate surface area is 124 Å². The maximum Gasteiger partial charge on any atom is 0.239 e. The molecular formula is C13H18N2O4S2. The van der Waals surface area contributed by atoms with Crippen molar-refractivity contribution < 1.29 is 16.8 Å². The molecule has 1 saturated heterocycles. The van der Waals surface area contributed by atoms with Gasteiger partial charge in [-0.05, 0) is 43.0 Å². The van der Waals surface area contributed by atoms with E-state index in [9.17, 15) is 16.8 Å². The van der Waals surface area contributed by atoms with Crippen molar-refractivity contribution in [2.45, 2.75) is 24.5 Å². The monoisotopic (exact) mass is 330 g/mol. The zero-order chi connectivity index (χ0) is 15.3. The van der Waals surface area contributed by atoms with Gasteiger partial charge in [0.1, 0.15) is 0 Å². The second kappa shape index (κ2) is 4.88. The number of rotatable bonds is 2. The highest BCUT2D eigenvalue weighted by Crippen LogP contribution is 2.34. The first kappa shape index (κ1) is 14.6. The number of aryl methyl sites for hydroxylation is 1. The minimum atomic E-state index is -3.65. The molecule has 1 aromatic carbocycles. The van der Waals surface area contributed by atoms with Gasteiger partial charge in [0.25, 0.3) is 0 Å². The topological polar surface area (TPSA) is 97.5 Å². The van der Waals surface area contributed by atoms with Gasteiger partial charge in [0.2, 0.25) is 10.0 Å². The van der Waals surface area contributed by atoms with Gasteiger partial charge in [-0.15, -0.1) is 0 Å². The van der Waals surface area contributed by atoms with Crippen molar-refractivity contribution >= 4 is 31.2 Å². The molecule has 1 fully saturated rings. The first-order chi connectivity index (χ1) is 9.79. The average molecular weight is 330 g/mol. The van der Waals surface area contributed by atoms with Crippen LogP contribution in [0.25, 0.3) is 0 Å². The SMILES string of the molecule is Nc1ccc2c(c1)CCCN2S(=O)(=O)C1CCS(=O)(=O)C1. The number of anilines is 2. The second-order valence-electron chi connectivity index (χ2n) is 5.63. The zero-order valence-corrected chi connectivity index (χ0v) is 13.2. The van der Waals surface area contributed by atoms with Crippen LogP contribution in [0, 0.1) is 0 Å². The number of hydrogen-bond acceptors (Lipinski definition) is 5. The van der Waals surface area contributed by atoms with Crippen LogP contribution in [-0.4, -0.2) is 40.1 Å². The molecule has 0 saturated carbocycles. The van der Waals surface area contributed by atoms with Crippen LogP contribution in [-0.2, 0) is 26.3 Å². The second-order valence-corrected chi connectivity index (χ2v) is 10.00. The number of nitrogen functional groups attached to an aromatic ring is 1. The van der Waals surface area contributed by atoms with E-state index >= 15 is 0 Å². The van der Waals surface area contributed by atoms with Crippen molar-refractivity contribution in [2.24, 2.45) is 0 Å². The van der Waals surface area contributed by atoms with Crippen LogP contribution in [0.1, 0.15) is 18.4 Å². The first-order valence-corrected chi connectivity index (χ1v) is 10.2. The van der Waals surface area contributed by atoms with E-state index in [0.29, 0.717) is 17.9 Å². The minimum absolute atomic E-state index is 0.0423. The standard InChI is InChI=1S/C13H18N2O4S2/c14-11-3-4-13-10(8-11)2-1-6-15(13)21(18,19)12-5-7-20(16,17)9-12/h3-4,8,12H,1-2,5-7,9,14H2. The molecule has 0 amide bonds. The van der Waals surface area contributed by atoms with E-state index in [1.165, 1.54) is 4.31 Å². The van der Waals surface area contributed by atoms with Crippen molar-refractivity contribution in [3.63, 3.8) is 0 Å². The highest BCUT2D eigenvalue weighted by atomic mass is 32.2. The predicted molar refractivity (Wildman–Crippen MR) is 82.5 cm³/mol. The molecule has 0 radical (unpaired) electrons. The van der Waals surface area contributed by atoms with Crippen LogP contribution >= 0.6 is 0 Å². The van der Waals surface area contributed by atoms with E-state index in [-0.39, 0.29) is 17.9 Å². The minimum Gasteiger partial charge on any atom is -0.399 e. The molecule has 2 N–H and O–H groups in total. The van der Waals surface area contributed by atoms with Gasteiger partial charge in [-0.25, -0.2) is 16.8 Å². The molecule has 6 nitrogen and oxygen atoms in total. The molecule has 1 aromatic rings. The van der Waals surface area contributed by atoms with E-state index in [1.807, 2.05) is 0 Å². The fourth-order valence-electron chi connectivity index (χ4n) is 3.02. The molecule has 8 heteroatoms. The van der Waals surface area contributed by atoms with Crippen LogP contribution in [0.2, 0.25) is 0 Å². The number of fused-ring (bicyclic) bond motifs is 1. The zero-order valence-electron chi connectivity index (χ0n) is 11.5. The predicted octanol–water partition coefficient (Wildman–Crippen LogP) is 0.538. The van der Waals surface area contributed by atoms with Gasteiger partial charge in [-0.1, -0.05) is 0 Å². The van der Waals surface area contributed by atoms with E-state index in [2.05, 4.69) is 0 Å². The number of sulfone groups is 1. The van der Waals surface area contributed by atoms with Crippen LogP contribution in [0.5, 0.6) is 0 Å². The Hall–Kier alpha value is -1.28. The number of benzene rings is 1. The highest BCUT2D eigenvalue weighted by molar-refractivity contribution is 7.97. The molecule has 0 aliphatic carbocycles. The molecule has 0 bridgehead atoms. The van der Waals surface area contributed by atoms with Gasteiger partial charge >= 0.3 is 0 Å². The van der Waals surface area contributed by atoms with E-state index in [0.717, 1.165) is 18.4 Å². The molecule has 21 heavy (non-hydrogen) atoms. The summed E-state index contributed by atoms with van der Waals surface area (Å²) in [4.78, 5) is 0. The van der Waals surface area contributed by atoms with Gasteiger partial charge in [0.15, 0.2) is 9.84 Å². The molecule has 0 aromatic heterocycles. The van der Waals surface area contributed by atoms with Crippen molar-refractivity contribution in [2.75, 3.05) is 28.1 Å². The Morgan fingerprint density at radius 3 is 2.71 bits per heavy atom. The maximum atomic E-state index is 12.8. The third kappa shape index (κ3) is 2.62. The van der Waals surface area contributed by atoms with Crippen LogP contribution in [0.15, 0.2) is 18.2 Å². The van der Waals surface area contributed by atoms with Gasteiger partial charge in [-0.3, -0.25) is 4.31 Å². The lowest BCUT2D eigenvalue weighted by Crippen LogP contribution is -2.42. The van der Waals surface area contributed by atoms with Gasteiger partial charge in [0.05, 0.1) is 22.4 Å². The lowest BCUT2D eigenvalue weighted by molar-refractivity contribution is 0.573. The molecule has 116 valence electrons. The maximum absolute atomic E-state index is 12.8. The van der Waals surface area contributed by atoms with Crippen LogP contribution in [0.3, 0.4) is 0 Å². The Kier molecular flexibility index (Phi) is 3.40. The quantitative estimate of drug-likeness (QED) is 0.798. The molecule has 1 unspecified atom stereocenters. The summed E-state index contributed by atoms with van der Waals surface area (Å²) in [5.74, 6) is -0.310. The summed E-state index contributed by atoms with van der Waals surface area (Å²) < 4.78 is 50.0. The number of sulfonamides is 1. The lowest BCUT2D eigenvalue weighted by atomic mass is 10.0. The molecule has 1 atom stereocenters. The third-order valence-electron chi connectivity index (χ3n) is 4.10. The Morgan fingerprint density at radius 2 is 2.05 bits per heavy atom. The lowest BCUT2D eigenvalue weighted by Gasteiger charge is -2.32. The smallest absolute Gasteiger partial charge is 0.239 e. The van der Waals surface area contributed by atoms with Crippen molar-refractivity contribution in [3.8, 4) is 0 Å². The summed E-state index contributed by atoms with van der Waals surface area (Å²) in [5, 5.41) is -0.828. The molecule has 2 heterocycles. The van der Waals surface area contributed by atoms with E-state index < -0.39 is 25.1 Å². The molecule has 2 aliphatic heterocycles. The molecular weight excluding hydrogens is 312 g/mol. The summed E-state index contributed by atoms with van der Waals surface area (Å²) in [5.41, 5.74) is 7.90. The Morgan fingerprint density at radius 1 is 1.29 bits per heavy atom. The third-order valence-corrected chi connectivity index (χ3v) is 8.32. The molecule has 0 spiro atoms. The van der Waals surface area contributed by atoms with Crippen molar-refractivity contribution in [1.82, 2.24) is 0 Å². The van der Waals surface area contributed by atoms with Crippen LogP contribution in [0.4, 0.5) is 11.4 Å². The average Bonchev–Trinajstić information content (AvgIpc) is 2.78. The van der Waals surface area contributed by atoms with Gasteiger partial charge < -0.3 is 5.73 Å². The largest absolute Gasteiger partial charge is 0.399 e. The van der Waals surface area contributed by atoms with Gasteiger partial charge in [-0.2, -0.15) is 0 Å². The Balaban J connectivity index is 1.98. The fourth-order valence-corrected chi connectivity index (χ4v) is 7.64. The van der Waals surface area contributed by atoms with E-state index in [4.69, 9.17) is 5.73 Å². The first-order valence-electron chi connectivity index (χ1n) is 6.90. The molecule has 3 rings (SSSR count). The number of hydrogen-bond donors (Lipinski definition) is 1. The summed E-state index contributed by atoms with van der Waals surface area (Å²) in [6, 6.07) is 5.19.